The largest absolute Gasteiger partial charge is 0.455 e. The summed E-state index contributed by atoms with van der Waals surface area (Å²) in [6.07, 6.45) is 2.34. The molecule has 1 atom stereocenters. The van der Waals surface area contributed by atoms with Gasteiger partial charge in [0.2, 0.25) is 0 Å². The average molecular weight is 458 g/mol. The Morgan fingerprint density at radius 1 is 0.939 bits per heavy atom. The molecule has 0 fully saturated rings. The predicted octanol–water partition coefficient (Wildman–Crippen LogP) is 4.39. The number of benzene rings is 2. The van der Waals surface area contributed by atoms with Gasteiger partial charge in [-0.05, 0) is 29.7 Å². The first-order valence-electron chi connectivity index (χ1n) is 10.6. The molecule has 0 aliphatic carbocycles. The number of ether oxygens (including phenoxy) is 1. The van der Waals surface area contributed by atoms with E-state index in [9.17, 15) is 9.59 Å². The summed E-state index contributed by atoms with van der Waals surface area (Å²) >= 11 is 1.42. The number of esters is 1. The monoisotopic (exact) mass is 457 g/mol. The van der Waals surface area contributed by atoms with Crippen LogP contribution in [-0.4, -0.2) is 28.5 Å². The molecular formula is C26H23N3O3S. The van der Waals surface area contributed by atoms with Crippen LogP contribution in [-0.2, 0) is 27.2 Å². The average Bonchev–Trinajstić information content (AvgIpc) is 3.32. The van der Waals surface area contributed by atoms with Gasteiger partial charge in [0.1, 0.15) is 5.01 Å². The lowest BCUT2D eigenvalue weighted by molar-refractivity contribution is -0.148. The Bertz CT molecular complexity index is 1180. The van der Waals surface area contributed by atoms with E-state index >= 15 is 0 Å². The maximum absolute atomic E-state index is 12.6. The van der Waals surface area contributed by atoms with E-state index < -0.39 is 5.97 Å². The Morgan fingerprint density at radius 3 is 2.39 bits per heavy atom. The van der Waals surface area contributed by atoms with E-state index in [4.69, 9.17) is 4.74 Å². The van der Waals surface area contributed by atoms with Crippen molar-refractivity contribution in [1.29, 1.82) is 0 Å². The molecule has 4 rings (SSSR count). The number of pyridine rings is 1. The van der Waals surface area contributed by atoms with Gasteiger partial charge < -0.3 is 10.1 Å². The zero-order valence-corrected chi connectivity index (χ0v) is 18.7. The Kier molecular flexibility index (Phi) is 7.56. The van der Waals surface area contributed by atoms with E-state index in [2.05, 4.69) is 15.3 Å². The molecule has 0 spiro atoms. The summed E-state index contributed by atoms with van der Waals surface area (Å²) in [7, 11) is 0. The summed E-state index contributed by atoms with van der Waals surface area (Å²) in [5, 5.41) is 5.53. The minimum atomic E-state index is -0.498. The second kappa shape index (κ2) is 11.2. The van der Waals surface area contributed by atoms with Gasteiger partial charge in [-0.3, -0.25) is 14.6 Å². The van der Waals surface area contributed by atoms with E-state index in [1.165, 1.54) is 11.3 Å². The van der Waals surface area contributed by atoms with Crippen LogP contribution in [0.25, 0.3) is 10.7 Å². The molecule has 33 heavy (non-hydrogen) atoms. The molecule has 0 aliphatic rings. The fourth-order valence-corrected chi connectivity index (χ4v) is 4.16. The summed E-state index contributed by atoms with van der Waals surface area (Å²) in [5.41, 5.74) is 3.45. The molecule has 0 radical (unpaired) electrons. The third kappa shape index (κ3) is 6.57. The quantitative estimate of drug-likeness (QED) is 0.377. The van der Waals surface area contributed by atoms with Crippen LogP contribution in [0.4, 0.5) is 0 Å². The highest BCUT2D eigenvalue weighted by Gasteiger charge is 2.17. The molecule has 0 saturated carbocycles. The van der Waals surface area contributed by atoms with Crippen molar-refractivity contribution in [2.45, 2.75) is 18.9 Å². The summed E-state index contributed by atoms with van der Waals surface area (Å²) in [5.74, 6) is -0.845. The van der Waals surface area contributed by atoms with Crippen LogP contribution in [0.5, 0.6) is 0 Å². The minimum absolute atomic E-state index is 0.00272. The van der Waals surface area contributed by atoms with Gasteiger partial charge in [0.25, 0.3) is 5.91 Å². The molecule has 2 aromatic heterocycles. The number of carbonyl (C=O) groups is 2. The lowest BCUT2D eigenvalue weighted by atomic mass is 9.99. The number of hydrogen-bond acceptors (Lipinski definition) is 6. The number of carbonyl (C=O) groups excluding carboxylic acids is 2. The van der Waals surface area contributed by atoms with Crippen molar-refractivity contribution in [3.8, 4) is 10.7 Å². The lowest BCUT2D eigenvalue weighted by Crippen LogP contribution is -2.33. The minimum Gasteiger partial charge on any atom is -0.455 e. The highest BCUT2D eigenvalue weighted by Crippen LogP contribution is 2.22. The van der Waals surface area contributed by atoms with E-state index in [1.807, 2.05) is 78.9 Å². The number of nitrogens with zero attached hydrogens (tertiary/aromatic N) is 2. The summed E-state index contributed by atoms with van der Waals surface area (Å²) in [6.45, 7) is -0.339. The topological polar surface area (TPSA) is 81.2 Å². The normalized spacial score (nSPS) is 11.5. The Hall–Kier alpha value is -3.84. The number of aromatic nitrogens is 2. The van der Waals surface area contributed by atoms with Gasteiger partial charge in [-0.2, -0.15) is 0 Å². The van der Waals surface area contributed by atoms with E-state index in [1.54, 1.807) is 11.6 Å². The Balaban J connectivity index is 1.31. The molecule has 2 aromatic carbocycles. The molecule has 1 N–H and O–H groups in total. The standard InChI is InChI=1S/C26H23N3O3S/c30-24(29-23(20-11-5-2-6-12-20)15-19-9-3-1-4-10-19)17-32-25(31)16-21-18-33-26(28-21)22-13-7-8-14-27-22/h1-14,18,23H,15-17H2,(H,29,30). The second-order valence-corrected chi connectivity index (χ2v) is 8.28. The maximum atomic E-state index is 12.6. The third-order valence-corrected chi connectivity index (χ3v) is 5.86. The van der Waals surface area contributed by atoms with Crippen molar-refractivity contribution in [3.05, 3.63) is 107 Å². The third-order valence-electron chi connectivity index (χ3n) is 4.95. The molecule has 6 nitrogen and oxygen atoms in total. The summed E-state index contributed by atoms with van der Waals surface area (Å²) in [4.78, 5) is 33.5. The first kappa shape index (κ1) is 22.4. The van der Waals surface area contributed by atoms with Crippen molar-refractivity contribution in [3.63, 3.8) is 0 Å². The predicted molar refractivity (Wildman–Crippen MR) is 127 cm³/mol. The van der Waals surface area contributed by atoms with Crippen molar-refractivity contribution < 1.29 is 14.3 Å². The molecule has 4 aromatic rings. The molecule has 0 aliphatic heterocycles. The fraction of sp³-hybridized carbons (Fsp3) is 0.154. The number of amides is 1. The molecule has 7 heteroatoms. The van der Waals surface area contributed by atoms with Crippen molar-refractivity contribution in [2.24, 2.45) is 0 Å². The summed E-state index contributed by atoms with van der Waals surface area (Å²) < 4.78 is 5.21. The number of thiazole rings is 1. The Morgan fingerprint density at radius 2 is 1.67 bits per heavy atom. The van der Waals surface area contributed by atoms with E-state index in [-0.39, 0.29) is 25.0 Å². The second-order valence-electron chi connectivity index (χ2n) is 7.42. The van der Waals surface area contributed by atoms with Crippen LogP contribution in [0.3, 0.4) is 0 Å². The fourth-order valence-electron chi connectivity index (χ4n) is 3.36. The van der Waals surface area contributed by atoms with Gasteiger partial charge in [0.05, 0.1) is 23.9 Å². The smallest absolute Gasteiger partial charge is 0.312 e. The van der Waals surface area contributed by atoms with Gasteiger partial charge in [-0.15, -0.1) is 11.3 Å². The van der Waals surface area contributed by atoms with E-state index in [0.29, 0.717) is 12.1 Å². The van der Waals surface area contributed by atoms with Gasteiger partial charge >= 0.3 is 5.97 Å². The first-order chi connectivity index (χ1) is 16.2. The Labute approximate surface area is 196 Å². The van der Waals surface area contributed by atoms with Gasteiger partial charge in [0, 0.05) is 11.6 Å². The molecule has 2 heterocycles. The summed E-state index contributed by atoms with van der Waals surface area (Å²) in [6, 6.07) is 25.1. The molecular weight excluding hydrogens is 434 g/mol. The molecule has 1 amide bonds. The SMILES string of the molecule is O=C(COC(=O)Cc1csc(-c2ccccn2)n1)NC(Cc1ccccc1)c1ccccc1. The molecule has 166 valence electrons. The molecule has 0 saturated heterocycles. The van der Waals surface area contributed by atoms with Crippen molar-refractivity contribution in [2.75, 3.05) is 6.61 Å². The van der Waals surface area contributed by atoms with Crippen LogP contribution >= 0.6 is 11.3 Å². The zero-order chi connectivity index (χ0) is 22.9. The van der Waals surface area contributed by atoms with Crippen LogP contribution in [0.15, 0.2) is 90.4 Å². The van der Waals surface area contributed by atoms with Crippen LogP contribution in [0.1, 0.15) is 22.9 Å². The van der Waals surface area contributed by atoms with Gasteiger partial charge in [-0.1, -0.05) is 66.7 Å². The number of hydrogen-bond donors (Lipinski definition) is 1. The zero-order valence-electron chi connectivity index (χ0n) is 17.9. The molecule has 0 bridgehead atoms. The van der Waals surface area contributed by atoms with Gasteiger partial charge in [-0.25, -0.2) is 4.98 Å². The highest BCUT2D eigenvalue weighted by atomic mass is 32.1. The van der Waals surface area contributed by atoms with Crippen LogP contribution in [0.2, 0.25) is 0 Å². The lowest BCUT2D eigenvalue weighted by Gasteiger charge is -2.19. The van der Waals surface area contributed by atoms with Crippen LogP contribution in [0, 0.1) is 0 Å². The highest BCUT2D eigenvalue weighted by molar-refractivity contribution is 7.13. The van der Waals surface area contributed by atoms with Gasteiger partial charge in [0.15, 0.2) is 6.61 Å². The van der Waals surface area contributed by atoms with Crippen LogP contribution < -0.4 is 5.32 Å². The maximum Gasteiger partial charge on any atom is 0.312 e. The molecule has 1 unspecified atom stereocenters. The van der Waals surface area contributed by atoms with Crippen molar-refractivity contribution >= 4 is 23.2 Å². The number of nitrogens with one attached hydrogen (secondary N) is 1. The number of rotatable bonds is 9. The van der Waals surface area contributed by atoms with E-state index in [0.717, 1.165) is 21.8 Å². The van der Waals surface area contributed by atoms with Crippen molar-refractivity contribution in [1.82, 2.24) is 15.3 Å². The first-order valence-corrected chi connectivity index (χ1v) is 11.4.